The van der Waals surface area contributed by atoms with E-state index in [1.165, 1.54) is 0 Å². The van der Waals surface area contributed by atoms with E-state index in [-0.39, 0.29) is 30.1 Å². The Morgan fingerprint density at radius 2 is 1.72 bits per heavy atom. The van der Waals surface area contributed by atoms with Gasteiger partial charge in [-0.1, -0.05) is 24.3 Å². The number of carbonyl (C=O) groups excluding carboxylic acids is 2. The molecule has 29 heavy (non-hydrogen) atoms. The van der Waals surface area contributed by atoms with Crippen LogP contribution >= 0.6 is 0 Å². The van der Waals surface area contributed by atoms with Crippen LogP contribution in [-0.4, -0.2) is 42.1 Å². The van der Waals surface area contributed by atoms with Crippen molar-refractivity contribution in [1.82, 2.24) is 10.2 Å². The maximum absolute atomic E-state index is 12.9. The number of hydrogen-bond donors (Lipinski definition) is 2. The number of urea groups is 1. The van der Waals surface area contributed by atoms with E-state index >= 15 is 0 Å². The van der Waals surface area contributed by atoms with Crippen molar-refractivity contribution >= 4 is 17.6 Å². The van der Waals surface area contributed by atoms with Crippen molar-refractivity contribution in [2.24, 2.45) is 0 Å². The number of fused-ring (bicyclic) bond motifs is 2. The Labute approximate surface area is 171 Å². The minimum atomic E-state index is -0.0887. The van der Waals surface area contributed by atoms with Crippen LogP contribution in [0.1, 0.15) is 42.5 Å². The quantitative estimate of drug-likeness (QED) is 0.823. The molecule has 0 aromatic heterocycles. The smallest absolute Gasteiger partial charge is 0.322 e. The third-order valence-corrected chi connectivity index (χ3v) is 5.90. The van der Waals surface area contributed by atoms with Crippen LogP contribution in [0.2, 0.25) is 0 Å². The molecule has 6 nitrogen and oxygen atoms in total. The summed E-state index contributed by atoms with van der Waals surface area (Å²) in [4.78, 5) is 27.6. The zero-order valence-electron chi connectivity index (χ0n) is 16.6. The van der Waals surface area contributed by atoms with Crippen molar-refractivity contribution in [3.8, 4) is 5.75 Å². The molecule has 0 radical (unpaired) electrons. The highest BCUT2D eigenvalue weighted by atomic mass is 16.5. The number of nitrogens with one attached hydrogen (secondary N) is 2. The minimum absolute atomic E-state index is 0.0385. The second-order valence-electron chi connectivity index (χ2n) is 7.82. The normalized spacial score (nSPS) is 23.2. The number of benzene rings is 2. The fourth-order valence-corrected chi connectivity index (χ4v) is 4.57. The van der Waals surface area contributed by atoms with Crippen LogP contribution < -0.4 is 15.4 Å². The van der Waals surface area contributed by atoms with Crippen molar-refractivity contribution in [2.75, 3.05) is 12.4 Å². The summed E-state index contributed by atoms with van der Waals surface area (Å²) in [6, 6.07) is 17.1. The summed E-state index contributed by atoms with van der Waals surface area (Å²) in [6.45, 7) is 0. The van der Waals surface area contributed by atoms with Crippen LogP contribution in [0.15, 0.2) is 54.6 Å². The predicted octanol–water partition coefficient (Wildman–Crippen LogP) is 4.04. The molecule has 0 aliphatic carbocycles. The van der Waals surface area contributed by atoms with Crippen LogP contribution in [0.5, 0.6) is 5.75 Å². The van der Waals surface area contributed by atoms with Crippen LogP contribution in [-0.2, 0) is 0 Å². The molecule has 2 N–H and O–H groups in total. The number of anilines is 1. The predicted molar refractivity (Wildman–Crippen MR) is 112 cm³/mol. The van der Waals surface area contributed by atoms with E-state index in [4.69, 9.17) is 4.74 Å². The third-order valence-electron chi connectivity index (χ3n) is 5.90. The molecule has 2 aromatic carbocycles. The van der Waals surface area contributed by atoms with Crippen LogP contribution in [0.4, 0.5) is 10.5 Å². The molecule has 2 aliphatic rings. The molecule has 3 amide bonds. The molecule has 2 aliphatic heterocycles. The molecule has 2 heterocycles. The van der Waals surface area contributed by atoms with Gasteiger partial charge in [0.15, 0.2) is 0 Å². The summed E-state index contributed by atoms with van der Waals surface area (Å²) < 4.78 is 5.21. The second kappa shape index (κ2) is 8.55. The van der Waals surface area contributed by atoms with E-state index in [9.17, 15) is 9.59 Å². The Hall–Kier alpha value is -3.02. The van der Waals surface area contributed by atoms with Gasteiger partial charge in [0.25, 0.3) is 5.91 Å². The van der Waals surface area contributed by atoms with Gasteiger partial charge in [-0.25, -0.2) is 4.79 Å². The molecule has 2 bridgehead atoms. The zero-order valence-corrected chi connectivity index (χ0v) is 16.6. The number of nitrogens with zero attached hydrogens (tertiary/aromatic N) is 1. The van der Waals surface area contributed by atoms with E-state index in [0.717, 1.165) is 37.8 Å². The Morgan fingerprint density at radius 3 is 2.41 bits per heavy atom. The molecule has 0 unspecified atom stereocenters. The first-order valence-electron chi connectivity index (χ1n) is 10.2. The van der Waals surface area contributed by atoms with Crippen molar-refractivity contribution < 1.29 is 14.3 Å². The van der Waals surface area contributed by atoms with E-state index in [1.54, 1.807) is 19.2 Å². The molecule has 0 saturated carbocycles. The summed E-state index contributed by atoms with van der Waals surface area (Å²) in [5.41, 5.74) is 1.41. The molecule has 2 atom stereocenters. The van der Waals surface area contributed by atoms with Crippen molar-refractivity contribution in [2.45, 2.75) is 50.2 Å². The molecule has 4 rings (SSSR count). The molecule has 2 fully saturated rings. The average molecular weight is 393 g/mol. The number of ether oxygens (including phenoxy) is 1. The first-order valence-corrected chi connectivity index (χ1v) is 10.2. The molecular formula is C23H27N3O3. The van der Waals surface area contributed by atoms with Crippen molar-refractivity contribution in [3.63, 3.8) is 0 Å². The number of piperidine rings is 2. The zero-order chi connectivity index (χ0) is 20.2. The van der Waals surface area contributed by atoms with Gasteiger partial charge in [-0.2, -0.15) is 0 Å². The lowest BCUT2D eigenvalue weighted by Crippen LogP contribution is -2.59. The first-order chi connectivity index (χ1) is 14.1. The SMILES string of the molecule is COc1cccc(C(=O)NC2C[C@@H]3CCC[C@@H](C2)N3C(=O)Nc2ccccc2)c1. The third kappa shape index (κ3) is 4.36. The molecular weight excluding hydrogens is 366 g/mol. The molecule has 2 saturated heterocycles. The summed E-state index contributed by atoms with van der Waals surface area (Å²) in [5.74, 6) is 0.580. The standard InChI is InChI=1S/C23H27N3O3/c1-29-21-12-5-7-16(13-21)22(27)24-18-14-19-10-6-11-20(15-18)26(19)23(28)25-17-8-3-2-4-9-17/h2-5,7-9,12-13,18-20H,6,10-11,14-15H2,1H3,(H,24,27)(H,25,28)/t19-,20-/m0/s1. The van der Waals surface area contributed by atoms with Gasteiger partial charge in [0, 0.05) is 29.4 Å². The van der Waals surface area contributed by atoms with Gasteiger partial charge in [0.2, 0.25) is 0 Å². The highest BCUT2D eigenvalue weighted by Crippen LogP contribution is 2.34. The van der Waals surface area contributed by atoms with Gasteiger partial charge in [0.1, 0.15) is 5.75 Å². The molecule has 2 aromatic rings. The van der Waals surface area contributed by atoms with Crippen LogP contribution in [0, 0.1) is 0 Å². The first kappa shape index (κ1) is 19.3. The molecule has 152 valence electrons. The summed E-state index contributed by atoms with van der Waals surface area (Å²) >= 11 is 0. The van der Waals surface area contributed by atoms with Gasteiger partial charge in [0.05, 0.1) is 7.11 Å². The van der Waals surface area contributed by atoms with E-state index in [2.05, 4.69) is 10.6 Å². The number of carbonyl (C=O) groups is 2. The number of rotatable bonds is 4. The monoisotopic (exact) mass is 393 g/mol. The largest absolute Gasteiger partial charge is 0.497 e. The fraction of sp³-hybridized carbons (Fsp3) is 0.391. The second-order valence-corrected chi connectivity index (χ2v) is 7.82. The van der Waals surface area contributed by atoms with Crippen LogP contribution in [0.3, 0.4) is 0 Å². The highest BCUT2D eigenvalue weighted by Gasteiger charge is 2.41. The fourth-order valence-electron chi connectivity index (χ4n) is 4.57. The maximum Gasteiger partial charge on any atom is 0.322 e. The lowest BCUT2D eigenvalue weighted by atomic mass is 9.82. The summed E-state index contributed by atoms with van der Waals surface area (Å²) in [6.07, 6.45) is 4.65. The number of hydrogen-bond acceptors (Lipinski definition) is 3. The Balaban J connectivity index is 1.41. The van der Waals surface area contributed by atoms with E-state index in [1.807, 2.05) is 47.4 Å². The molecule has 6 heteroatoms. The van der Waals surface area contributed by atoms with Gasteiger partial charge in [-0.15, -0.1) is 0 Å². The van der Waals surface area contributed by atoms with Crippen molar-refractivity contribution in [3.05, 3.63) is 60.2 Å². The summed E-state index contributed by atoms with van der Waals surface area (Å²) in [5, 5.41) is 6.19. The Kier molecular flexibility index (Phi) is 5.69. The molecule has 0 spiro atoms. The van der Waals surface area contributed by atoms with Gasteiger partial charge >= 0.3 is 6.03 Å². The van der Waals surface area contributed by atoms with Gasteiger partial charge in [-0.05, 0) is 62.4 Å². The van der Waals surface area contributed by atoms with E-state index in [0.29, 0.717) is 11.3 Å². The topological polar surface area (TPSA) is 70.7 Å². The van der Waals surface area contributed by atoms with Crippen molar-refractivity contribution in [1.29, 1.82) is 0 Å². The Bertz CT molecular complexity index is 857. The maximum atomic E-state index is 12.9. The Morgan fingerprint density at radius 1 is 1.00 bits per heavy atom. The lowest BCUT2D eigenvalue weighted by molar-refractivity contribution is 0.0577. The van der Waals surface area contributed by atoms with Gasteiger partial charge < -0.3 is 20.3 Å². The number of amides is 3. The van der Waals surface area contributed by atoms with Crippen LogP contribution in [0.25, 0.3) is 0 Å². The summed E-state index contributed by atoms with van der Waals surface area (Å²) in [7, 11) is 1.59. The van der Waals surface area contributed by atoms with Gasteiger partial charge in [-0.3, -0.25) is 4.79 Å². The number of methoxy groups -OCH3 is 1. The average Bonchev–Trinajstić information content (AvgIpc) is 2.73. The highest BCUT2D eigenvalue weighted by molar-refractivity contribution is 5.95. The number of para-hydroxylation sites is 1. The lowest BCUT2D eigenvalue weighted by Gasteiger charge is -2.48. The van der Waals surface area contributed by atoms with E-state index < -0.39 is 0 Å². The minimum Gasteiger partial charge on any atom is -0.497 e.